The Hall–Kier alpha value is -1.37. The van der Waals surface area contributed by atoms with Gasteiger partial charge < -0.3 is 9.47 Å². The standard InChI is InChI=1S/C13H13IO4/c1-3-17-11(15)7-8-18-13(16)12-9(2)5-4-6-10(12)14/h4-8H,3H2,1-2H3/b8-7+. The van der Waals surface area contributed by atoms with E-state index in [4.69, 9.17) is 4.74 Å². The number of carbonyl (C=O) groups excluding carboxylic acids is 2. The molecule has 0 radical (unpaired) electrons. The van der Waals surface area contributed by atoms with E-state index in [1.54, 1.807) is 6.92 Å². The van der Waals surface area contributed by atoms with E-state index < -0.39 is 11.9 Å². The van der Waals surface area contributed by atoms with Gasteiger partial charge in [0.05, 0.1) is 18.2 Å². The Balaban J connectivity index is 2.69. The number of halogens is 1. The molecule has 0 unspecified atom stereocenters. The van der Waals surface area contributed by atoms with Crippen LogP contribution in [-0.4, -0.2) is 18.5 Å². The second-order valence-corrected chi connectivity index (χ2v) is 4.55. The highest BCUT2D eigenvalue weighted by Crippen LogP contribution is 2.17. The molecule has 0 heterocycles. The second-order valence-electron chi connectivity index (χ2n) is 3.39. The van der Waals surface area contributed by atoms with Gasteiger partial charge in [0.15, 0.2) is 0 Å². The summed E-state index contributed by atoms with van der Waals surface area (Å²) < 4.78 is 10.3. The van der Waals surface area contributed by atoms with Crippen molar-refractivity contribution in [3.63, 3.8) is 0 Å². The molecule has 0 saturated heterocycles. The molecule has 0 spiro atoms. The highest BCUT2D eigenvalue weighted by Gasteiger charge is 2.13. The van der Waals surface area contributed by atoms with Crippen LogP contribution in [0.25, 0.3) is 0 Å². The summed E-state index contributed by atoms with van der Waals surface area (Å²) in [6.07, 6.45) is 2.12. The van der Waals surface area contributed by atoms with Crippen molar-refractivity contribution in [3.8, 4) is 0 Å². The zero-order valence-electron chi connectivity index (χ0n) is 10.1. The Bertz CT molecular complexity index is 460. The van der Waals surface area contributed by atoms with Gasteiger partial charge in [-0.2, -0.15) is 0 Å². The van der Waals surface area contributed by atoms with E-state index >= 15 is 0 Å². The van der Waals surface area contributed by atoms with Crippen molar-refractivity contribution in [3.05, 3.63) is 45.2 Å². The molecule has 0 amide bonds. The first-order chi connectivity index (χ1) is 8.56. The van der Waals surface area contributed by atoms with Crippen LogP contribution in [0.4, 0.5) is 0 Å². The molecule has 0 aliphatic heterocycles. The molecule has 96 valence electrons. The molecule has 0 bridgehead atoms. The molecule has 1 aromatic rings. The van der Waals surface area contributed by atoms with Crippen LogP contribution in [-0.2, 0) is 14.3 Å². The summed E-state index contributed by atoms with van der Waals surface area (Å²) in [7, 11) is 0. The van der Waals surface area contributed by atoms with Crippen LogP contribution in [0.15, 0.2) is 30.5 Å². The van der Waals surface area contributed by atoms with Crippen molar-refractivity contribution in [1.82, 2.24) is 0 Å². The lowest BCUT2D eigenvalue weighted by Gasteiger charge is -2.05. The monoisotopic (exact) mass is 360 g/mol. The van der Waals surface area contributed by atoms with E-state index in [0.29, 0.717) is 5.56 Å². The predicted molar refractivity (Wildman–Crippen MR) is 75.1 cm³/mol. The van der Waals surface area contributed by atoms with E-state index in [1.807, 2.05) is 25.1 Å². The molecule has 0 aromatic heterocycles. The summed E-state index contributed by atoms with van der Waals surface area (Å²) in [5, 5.41) is 0. The minimum Gasteiger partial charge on any atom is -0.463 e. The Morgan fingerprint density at radius 2 is 2.11 bits per heavy atom. The summed E-state index contributed by atoms with van der Waals surface area (Å²) in [6.45, 7) is 3.81. The summed E-state index contributed by atoms with van der Waals surface area (Å²) in [6, 6.07) is 5.51. The number of ether oxygens (including phenoxy) is 2. The van der Waals surface area contributed by atoms with E-state index in [2.05, 4.69) is 27.3 Å². The second kappa shape index (κ2) is 7.15. The average Bonchev–Trinajstić information content (AvgIpc) is 2.29. The van der Waals surface area contributed by atoms with Crippen LogP contribution in [0.3, 0.4) is 0 Å². The van der Waals surface area contributed by atoms with Crippen molar-refractivity contribution in [1.29, 1.82) is 0 Å². The average molecular weight is 360 g/mol. The summed E-state index contributed by atoms with van der Waals surface area (Å²) in [5.74, 6) is -1.03. The number of hydrogen-bond acceptors (Lipinski definition) is 4. The Morgan fingerprint density at radius 1 is 1.39 bits per heavy atom. The van der Waals surface area contributed by atoms with Crippen molar-refractivity contribution < 1.29 is 19.1 Å². The minimum atomic E-state index is -0.537. The minimum absolute atomic E-state index is 0.285. The molecule has 0 saturated carbocycles. The fourth-order valence-corrected chi connectivity index (χ4v) is 2.14. The maximum absolute atomic E-state index is 11.8. The molecule has 5 heteroatoms. The summed E-state index contributed by atoms with van der Waals surface area (Å²) in [4.78, 5) is 22.8. The predicted octanol–water partition coefficient (Wildman–Crippen LogP) is 2.83. The lowest BCUT2D eigenvalue weighted by Crippen LogP contribution is -2.06. The first-order valence-corrected chi connectivity index (χ1v) is 6.43. The van der Waals surface area contributed by atoms with Crippen LogP contribution in [0.5, 0.6) is 0 Å². The van der Waals surface area contributed by atoms with Crippen LogP contribution < -0.4 is 0 Å². The zero-order chi connectivity index (χ0) is 13.5. The van der Waals surface area contributed by atoms with Crippen molar-refractivity contribution in [2.75, 3.05) is 6.61 Å². The third-order valence-corrected chi connectivity index (χ3v) is 2.99. The number of benzene rings is 1. The van der Waals surface area contributed by atoms with Crippen molar-refractivity contribution in [2.24, 2.45) is 0 Å². The SMILES string of the molecule is CCOC(=O)/C=C/OC(=O)c1c(C)cccc1I. The number of aryl methyl sites for hydroxylation is 1. The third-order valence-electron chi connectivity index (χ3n) is 2.09. The van der Waals surface area contributed by atoms with Gasteiger partial charge in [-0.25, -0.2) is 9.59 Å². The van der Waals surface area contributed by atoms with E-state index in [-0.39, 0.29) is 6.61 Å². The van der Waals surface area contributed by atoms with Gasteiger partial charge in [-0.05, 0) is 48.1 Å². The number of rotatable bonds is 4. The maximum atomic E-state index is 11.8. The summed E-state index contributed by atoms with van der Waals surface area (Å²) >= 11 is 2.06. The number of carbonyl (C=O) groups is 2. The first kappa shape index (κ1) is 14.7. The molecule has 0 aliphatic carbocycles. The lowest BCUT2D eigenvalue weighted by atomic mass is 10.1. The molecular weight excluding hydrogens is 347 g/mol. The Kier molecular flexibility index (Phi) is 5.84. The lowest BCUT2D eigenvalue weighted by molar-refractivity contribution is -0.137. The topological polar surface area (TPSA) is 52.6 Å². The van der Waals surface area contributed by atoms with E-state index in [0.717, 1.165) is 21.5 Å². The van der Waals surface area contributed by atoms with Gasteiger partial charge in [0.2, 0.25) is 0 Å². The van der Waals surface area contributed by atoms with E-state index in [9.17, 15) is 9.59 Å². The molecule has 0 atom stereocenters. The fraction of sp³-hybridized carbons (Fsp3) is 0.231. The molecule has 0 N–H and O–H groups in total. The largest absolute Gasteiger partial charge is 0.463 e. The fourth-order valence-electron chi connectivity index (χ4n) is 1.29. The highest BCUT2D eigenvalue weighted by atomic mass is 127. The highest BCUT2D eigenvalue weighted by molar-refractivity contribution is 14.1. The van der Waals surface area contributed by atoms with Crippen molar-refractivity contribution >= 4 is 34.5 Å². The molecule has 18 heavy (non-hydrogen) atoms. The van der Waals surface area contributed by atoms with Gasteiger partial charge >= 0.3 is 11.9 Å². The van der Waals surface area contributed by atoms with Gasteiger partial charge in [-0.3, -0.25) is 0 Å². The Labute approximate surface area is 119 Å². The van der Waals surface area contributed by atoms with Gasteiger partial charge in [0, 0.05) is 3.57 Å². The Morgan fingerprint density at radius 3 is 2.72 bits per heavy atom. The molecule has 0 fully saturated rings. The van der Waals surface area contributed by atoms with Crippen LogP contribution in [0.1, 0.15) is 22.8 Å². The third kappa shape index (κ3) is 4.14. The van der Waals surface area contributed by atoms with Gasteiger partial charge in [0.25, 0.3) is 0 Å². The number of esters is 2. The quantitative estimate of drug-likeness (QED) is 0.359. The van der Waals surface area contributed by atoms with E-state index in [1.165, 1.54) is 0 Å². The normalized spacial score (nSPS) is 10.4. The first-order valence-electron chi connectivity index (χ1n) is 5.35. The zero-order valence-corrected chi connectivity index (χ0v) is 12.3. The van der Waals surface area contributed by atoms with Crippen LogP contribution >= 0.6 is 22.6 Å². The summed E-state index contributed by atoms with van der Waals surface area (Å²) in [5.41, 5.74) is 1.34. The molecule has 1 aromatic carbocycles. The van der Waals surface area contributed by atoms with Gasteiger partial charge in [-0.15, -0.1) is 0 Å². The van der Waals surface area contributed by atoms with Gasteiger partial charge in [-0.1, -0.05) is 12.1 Å². The van der Waals surface area contributed by atoms with Crippen LogP contribution in [0.2, 0.25) is 0 Å². The molecule has 4 nitrogen and oxygen atoms in total. The number of hydrogen-bond donors (Lipinski definition) is 0. The smallest absolute Gasteiger partial charge is 0.344 e. The van der Waals surface area contributed by atoms with Crippen molar-refractivity contribution in [2.45, 2.75) is 13.8 Å². The maximum Gasteiger partial charge on any atom is 0.344 e. The molecular formula is C13H13IO4. The molecule has 1 rings (SSSR count). The molecule has 0 aliphatic rings. The van der Waals surface area contributed by atoms with Gasteiger partial charge in [0.1, 0.15) is 6.26 Å². The van der Waals surface area contributed by atoms with Crippen LogP contribution in [0, 0.1) is 10.5 Å².